The van der Waals surface area contributed by atoms with Gasteiger partial charge >= 0.3 is 5.97 Å². The Kier molecular flexibility index (Phi) is 7.54. The molecule has 0 heterocycles. The highest BCUT2D eigenvalue weighted by Crippen LogP contribution is 2.24. The summed E-state index contributed by atoms with van der Waals surface area (Å²) in [4.78, 5) is 11.3. The molecule has 0 aliphatic carbocycles. The second-order valence-corrected chi connectivity index (χ2v) is 9.74. The van der Waals surface area contributed by atoms with E-state index in [1.54, 1.807) is 48.5 Å². The normalized spacial score (nSPS) is 12.6. The molecule has 3 aromatic carbocycles. The Labute approximate surface area is 196 Å². The number of anilines is 1. The van der Waals surface area contributed by atoms with E-state index in [9.17, 15) is 23.4 Å². The average molecular weight is 491 g/mol. The van der Waals surface area contributed by atoms with Crippen molar-refractivity contribution in [2.24, 2.45) is 5.73 Å². The molecule has 33 heavy (non-hydrogen) atoms. The number of aliphatic hydroxyl groups excluding tert-OH is 1. The number of carboxylic acids is 1. The zero-order valence-corrected chi connectivity index (χ0v) is 19.0. The molecule has 0 saturated heterocycles. The van der Waals surface area contributed by atoms with Crippen LogP contribution in [0.3, 0.4) is 0 Å². The van der Waals surface area contributed by atoms with Crippen molar-refractivity contribution >= 4 is 49.9 Å². The smallest absolute Gasteiger partial charge is 0.318 e. The molecule has 0 bridgehead atoms. The Morgan fingerprint density at radius 3 is 2.36 bits per heavy atom. The number of carboxylic acid groups (broad SMARTS) is 1. The third-order valence-corrected chi connectivity index (χ3v) is 6.92. The molecule has 174 valence electrons. The zero-order chi connectivity index (χ0) is 24.2. The summed E-state index contributed by atoms with van der Waals surface area (Å²) in [5.74, 6) is -1.42. The third kappa shape index (κ3) is 6.20. The fourth-order valence-electron chi connectivity index (χ4n) is 3.21. The van der Waals surface area contributed by atoms with E-state index in [-0.39, 0.29) is 17.3 Å². The molecule has 0 aromatic heterocycles. The van der Waals surface area contributed by atoms with Crippen LogP contribution in [0.5, 0.6) is 0 Å². The number of fused-ring (bicyclic) bond motifs is 1. The second-order valence-electron chi connectivity index (χ2n) is 7.37. The van der Waals surface area contributed by atoms with E-state index < -0.39 is 35.2 Å². The van der Waals surface area contributed by atoms with Gasteiger partial charge in [0, 0.05) is 29.4 Å². The summed E-state index contributed by atoms with van der Waals surface area (Å²) >= 11 is 5.97. The number of amidine groups is 1. The number of nitrogens with one attached hydrogen (secondary N) is 2. The quantitative estimate of drug-likeness (QED) is 0.215. The fraction of sp³-hybridized carbons (Fsp3) is 0.182. The van der Waals surface area contributed by atoms with Crippen LogP contribution in [0.4, 0.5) is 5.69 Å². The number of hydrogen-bond donors (Lipinski definition) is 5. The van der Waals surface area contributed by atoms with E-state index in [0.29, 0.717) is 21.7 Å². The SMILES string of the molecule is N=C(N)c1ccc(NCC(O)CN(CC(=O)O)S(=O)(=O)c2ccc3cc(Cl)ccc3c2)cc1. The highest BCUT2D eigenvalue weighted by molar-refractivity contribution is 7.89. The lowest BCUT2D eigenvalue weighted by molar-refractivity contribution is -0.137. The van der Waals surface area contributed by atoms with Gasteiger partial charge in [-0.3, -0.25) is 10.2 Å². The summed E-state index contributed by atoms with van der Waals surface area (Å²) in [7, 11) is -4.20. The third-order valence-electron chi connectivity index (χ3n) is 4.88. The minimum absolute atomic E-state index is 0.0265. The van der Waals surface area contributed by atoms with Crippen molar-refractivity contribution in [1.29, 1.82) is 5.41 Å². The van der Waals surface area contributed by atoms with Crippen LogP contribution in [-0.4, -0.2) is 60.5 Å². The standard InChI is InChI=1S/C22H23ClN4O5S/c23-17-5-1-16-10-20(8-4-15(16)9-17)33(31,32)27(13-21(29)30)12-19(28)11-26-18-6-2-14(3-7-18)22(24)25/h1-10,19,26,28H,11-13H2,(H3,24,25)(H,29,30). The number of aliphatic carboxylic acids is 1. The molecule has 3 rings (SSSR count). The molecule has 1 atom stereocenters. The van der Waals surface area contributed by atoms with E-state index in [1.807, 2.05) is 0 Å². The maximum Gasteiger partial charge on any atom is 0.318 e. The summed E-state index contributed by atoms with van der Waals surface area (Å²) in [5, 5.41) is 31.9. The Balaban J connectivity index is 1.75. The molecule has 0 spiro atoms. The number of benzene rings is 3. The molecule has 6 N–H and O–H groups in total. The van der Waals surface area contributed by atoms with Crippen molar-refractivity contribution in [3.05, 3.63) is 71.2 Å². The number of halogens is 1. The number of carbonyl (C=O) groups is 1. The predicted molar refractivity (Wildman–Crippen MR) is 127 cm³/mol. The van der Waals surface area contributed by atoms with Crippen LogP contribution in [0.15, 0.2) is 65.6 Å². The molecular weight excluding hydrogens is 468 g/mol. The van der Waals surface area contributed by atoms with Gasteiger partial charge in [-0.2, -0.15) is 4.31 Å². The lowest BCUT2D eigenvalue weighted by Gasteiger charge is -2.24. The minimum atomic E-state index is -4.20. The molecule has 0 aliphatic rings. The number of nitrogen functional groups attached to an aromatic ring is 1. The molecule has 0 fully saturated rings. The summed E-state index contributed by atoms with van der Waals surface area (Å²) in [5.41, 5.74) is 6.58. The van der Waals surface area contributed by atoms with Crippen LogP contribution < -0.4 is 11.1 Å². The van der Waals surface area contributed by atoms with E-state index in [0.717, 1.165) is 9.69 Å². The Bertz CT molecular complexity index is 1280. The summed E-state index contributed by atoms with van der Waals surface area (Å²) in [6, 6.07) is 16.0. The Morgan fingerprint density at radius 2 is 1.73 bits per heavy atom. The van der Waals surface area contributed by atoms with E-state index in [4.69, 9.17) is 22.7 Å². The average Bonchev–Trinajstić information content (AvgIpc) is 2.76. The van der Waals surface area contributed by atoms with Crippen molar-refractivity contribution in [2.45, 2.75) is 11.0 Å². The van der Waals surface area contributed by atoms with Crippen molar-refractivity contribution in [1.82, 2.24) is 4.31 Å². The van der Waals surface area contributed by atoms with Crippen molar-refractivity contribution < 1.29 is 23.4 Å². The monoisotopic (exact) mass is 490 g/mol. The Hall–Kier alpha value is -3.18. The van der Waals surface area contributed by atoms with Gasteiger partial charge in [0.25, 0.3) is 0 Å². The zero-order valence-electron chi connectivity index (χ0n) is 17.4. The predicted octanol–water partition coefficient (Wildman–Crippen LogP) is 2.33. The van der Waals surface area contributed by atoms with Crippen molar-refractivity contribution in [2.75, 3.05) is 25.0 Å². The van der Waals surface area contributed by atoms with Gasteiger partial charge in [0.05, 0.1) is 11.0 Å². The van der Waals surface area contributed by atoms with Crippen LogP contribution in [0, 0.1) is 5.41 Å². The molecule has 0 amide bonds. The van der Waals surface area contributed by atoms with E-state index in [1.165, 1.54) is 12.1 Å². The first-order chi connectivity index (χ1) is 15.6. The number of rotatable bonds is 10. The number of nitrogens with zero attached hydrogens (tertiary/aromatic N) is 1. The number of nitrogens with two attached hydrogens (primary N) is 1. The van der Waals surface area contributed by atoms with Gasteiger partial charge < -0.3 is 21.3 Å². The van der Waals surface area contributed by atoms with Crippen LogP contribution in [0.1, 0.15) is 5.56 Å². The largest absolute Gasteiger partial charge is 0.480 e. The summed E-state index contributed by atoms with van der Waals surface area (Å²) < 4.78 is 27.1. The summed E-state index contributed by atoms with van der Waals surface area (Å²) in [6.07, 6.45) is -1.19. The molecule has 0 radical (unpaired) electrons. The summed E-state index contributed by atoms with van der Waals surface area (Å²) in [6.45, 7) is -1.25. The van der Waals surface area contributed by atoms with Crippen LogP contribution in [-0.2, 0) is 14.8 Å². The Morgan fingerprint density at radius 1 is 1.09 bits per heavy atom. The number of hydrogen-bond acceptors (Lipinski definition) is 6. The maximum absolute atomic E-state index is 13.2. The van der Waals surface area contributed by atoms with Gasteiger partial charge in [-0.05, 0) is 59.3 Å². The van der Waals surface area contributed by atoms with Gasteiger partial charge in [-0.1, -0.05) is 23.7 Å². The lowest BCUT2D eigenvalue weighted by Crippen LogP contribution is -2.42. The minimum Gasteiger partial charge on any atom is -0.480 e. The highest BCUT2D eigenvalue weighted by Gasteiger charge is 2.29. The molecule has 11 heteroatoms. The van der Waals surface area contributed by atoms with Crippen LogP contribution in [0.25, 0.3) is 10.8 Å². The second kappa shape index (κ2) is 10.2. The topological polar surface area (TPSA) is 157 Å². The first-order valence-corrected chi connectivity index (χ1v) is 11.7. The molecular formula is C22H23ClN4O5S. The lowest BCUT2D eigenvalue weighted by atomic mass is 10.1. The van der Waals surface area contributed by atoms with Gasteiger partial charge in [0.15, 0.2) is 0 Å². The van der Waals surface area contributed by atoms with Gasteiger partial charge in [-0.25, -0.2) is 8.42 Å². The molecule has 3 aromatic rings. The highest BCUT2D eigenvalue weighted by atomic mass is 35.5. The number of sulfonamides is 1. The fourth-order valence-corrected chi connectivity index (χ4v) is 4.85. The number of aliphatic hydroxyl groups is 1. The molecule has 0 aliphatic heterocycles. The van der Waals surface area contributed by atoms with Crippen molar-refractivity contribution in [3.63, 3.8) is 0 Å². The van der Waals surface area contributed by atoms with E-state index in [2.05, 4.69) is 5.32 Å². The first-order valence-electron chi connectivity index (χ1n) is 9.84. The van der Waals surface area contributed by atoms with E-state index >= 15 is 0 Å². The van der Waals surface area contributed by atoms with Gasteiger partial charge in [0.2, 0.25) is 10.0 Å². The molecule has 9 nitrogen and oxygen atoms in total. The van der Waals surface area contributed by atoms with Gasteiger partial charge in [0.1, 0.15) is 12.4 Å². The first kappa shape index (κ1) is 24.5. The van der Waals surface area contributed by atoms with Gasteiger partial charge in [-0.15, -0.1) is 0 Å². The molecule has 1 unspecified atom stereocenters. The van der Waals surface area contributed by atoms with Crippen molar-refractivity contribution in [3.8, 4) is 0 Å². The van der Waals surface area contributed by atoms with Crippen LogP contribution >= 0.6 is 11.6 Å². The van der Waals surface area contributed by atoms with Crippen LogP contribution in [0.2, 0.25) is 5.02 Å². The maximum atomic E-state index is 13.2. The molecule has 0 saturated carbocycles.